The largest absolute Gasteiger partial charge is 0.481 e. The third-order valence-corrected chi connectivity index (χ3v) is 3.42. The number of carbonyl (C=O) groups excluding carboxylic acids is 1. The maximum atomic E-state index is 11.2. The van der Waals surface area contributed by atoms with Gasteiger partial charge in [0.2, 0.25) is 5.91 Å². The molecule has 0 aromatic rings. The van der Waals surface area contributed by atoms with Gasteiger partial charge in [-0.1, -0.05) is 0 Å². The van der Waals surface area contributed by atoms with Gasteiger partial charge in [0.1, 0.15) is 5.92 Å². The van der Waals surface area contributed by atoms with E-state index in [1.54, 1.807) is 0 Å². The van der Waals surface area contributed by atoms with Crippen molar-refractivity contribution < 1.29 is 23.1 Å². The molecule has 0 saturated heterocycles. The first-order valence-corrected chi connectivity index (χ1v) is 5.97. The van der Waals surface area contributed by atoms with E-state index < -0.39 is 33.7 Å². The molecule has 84 valence electrons. The summed E-state index contributed by atoms with van der Waals surface area (Å²) in [5, 5.41) is 11.9. The van der Waals surface area contributed by atoms with Gasteiger partial charge < -0.3 is 10.4 Å². The Labute approximate surface area is 86.9 Å². The highest BCUT2D eigenvalue weighted by Crippen LogP contribution is 2.08. The molecule has 1 aliphatic heterocycles. The van der Waals surface area contributed by atoms with Crippen LogP contribution in [0.25, 0.3) is 0 Å². The summed E-state index contributed by atoms with van der Waals surface area (Å²) in [4.78, 5) is 21.7. The van der Waals surface area contributed by atoms with Crippen molar-refractivity contribution >= 4 is 21.7 Å². The first-order chi connectivity index (χ1) is 6.82. The highest BCUT2D eigenvalue weighted by atomic mass is 32.2. The van der Waals surface area contributed by atoms with E-state index in [4.69, 9.17) is 5.11 Å². The molecule has 0 aromatic heterocycles. The molecule has 1 rings (SSSR count). The zero-order valence-electron chi connectivity index (χ0n) is 8.00. The van der Waals surface area contributed by atoms with Crippen LogP contribution >= 0.6 is 0 Å². The monoisotopic (exact) mass is 233 g/mol. The predicted octanol–water partition coefficient (Wildman–Crippen LogP) is -0.866. The molecule has 0 spiro atoms. The number of sulfone groups is 1. The number of aliphatic carboxylic acids is 1. The van der Waals surface area contributed by atoms with Crippen LogP contribution in [0.4, 0.5) is 0 Å². The number of nitrogens with one attached hydrogen (secondary N) is 1. The average molecular weight is 233 g/mol. The van der Waals surface area contributed by atoms with E-state index in [9.17, 15) is 18.0 Å². The van der Waals surface area contributed by atoms with Crippen molar-refractivity contribution in [3.8, 4) is 0 Å². The zero-order valence-corrected chi connectivity index (χ0v) is 8.82. The maximum absolute atomic E-state index is 11.2. The van der Waals surface area contributed by atoms with Crippen LogP contribution in [0, 0.1) is 5.92 Å². The summed E-state index contributed by atoms with van der Waals surface area (Å²) in [6.07, 6.45) is 1.34. The predicted molar refractivity (Wildman–Crippen MR) is 51.7 cm³/mol. The molecule has 0 aliphatic carbocycles. The molecular formula is C8H11NO5S. The Kier molecular flexibility index (Phi) is 3.13. The van der Waals surface area contributed by atoms with Crippen LogP contribution in [0.1, 0.15) is 6.92 Å². The van der Waals surface area contributed by atoms with E-state index >= 15 is 0 Å². The van der Waals surface area contributed by atoms with E-state index in [-0.39, 0.29) is 5.75 Å². The molecule has 2 N–H and O–H groups in total. The summed E-state index contributed by atoms with van der Waals surface area (Å²) in [6, 6.07) is -0.621. The Morgan fingerprint density at radius 3 is 2.53 bits per heavy atom. The van der Waals surface area contributed by atoms with Crippen molar-refractivity contribution in [2.75, 3.05) is 5.75 Å². The molecule has 1 amide bonds. The molecule has 2 unspecified atom stereocenters. The quantitative estimate of drug-likeness (QED) is 0.617. The standard InChI is InChI=1S/C8H11NO5S/c1-5(8(11)12)7(10)9-6-2-3-15(13,14)4-6/h2-3,5-6H,4H2,1H3,(H,9,10)(H,11,12). The fourth-order valence-electron chi connectivity index (χ4n) is 1.09. The van der Waals surface area contributed by atoms with Gasteiger partial charge in [0.15, 0.2) is 9.84 Å². The van der Waals surface area contributed by atoms with E-state index in [0.29, 0.717) is 0 Å². The molecule has 0 bridgehead atoms. The van der Waals surface area contributed by atoms with Crippen LogP contribution in [-0.4, -0.2) is 37.2 Å². The third-order valence-electron chi connectivity index (χ3n) is 2.02. The van der Waals surface area contributed by atoms with E-state index in [1.807, 2.05) is 0 Å². The highest BCUT2D eigenvalue weighted by Gasteiger charge is 2.27. The van der Waals surface area contributed by atoms with Crippen molar-refractivity contribution in [1.29, 1.82) is 0 Å². The van der Waals surface area contributed by atoms with Gasteiger partial charge in [0.05, 0.1) is 11.8 Å². The Hall–Kier alpha value is -1.37. The number of carboxylic acid groups (broad SMARTS) is 1. The average Bonchev–Trinajstić information content (AvgIpc) is 2.43. The first-order valence-electron chi connectivity index (χ1n) is 4.26. The Bertz CT molecular complexity index is 411. The lowest BCUT2D eigenvalue weighted by molar-refractivity contribution is -0.146. The van der Waals surface area contributed by atoms with E-state index in [0.717, 1.165) is 5.41 Å². The van der Waals surface area contributed by atoms with Crippen molar-refractivity contribution in [2.45, 2.75) is 13.0 Å². The molecule has 0 fully saturated rings. The molecule has 0 radical (unpaired) electrons. The number of amides is 1. The van der Waals surface area contributed by atoms with Gasteiger partial charge in [-0.25, -0.2) is 8.42 Å². The van der Waals surface area contributed by atoms with Crippen LogP contribution in [0.2, 0.25) is 0 Å². The minimum atomic E-state index is -3.23. The van der Waals surface area contributed by atoms with Crippen molar-refractivity contribution in [3.63, 3.8) is 0 Å². The minimum Gasteiger partial charge on any atom is -0.481 e. The highest BCUT2D eigenvalue weighted by molar-refractivity contribution is 7.94. The fraction of sp³-hybridized carbons (Fsp3) is 0.500. The summed E-state index contributed by atoms with van der Waals surface area (Å²) in [7, 11) is -3.23. The number of hydrogen-bond donors (Lipinski definition) is 2. The molecule has 15 heavy (non-hydrogen) atoms. The Morgan fingerprint density at radius 1 is 1.53 bits per heavy atom. The van der Waals surface area contributed by atoms with Gasteiger partial charge in [-0.05, 0) is 13.0 Å². The van der Waals surface area contributed by atoms with Crippen molar-refractivity contribution in [2.24, 2.45) is 5.92 Å². The number of hydrogen-bond acceptors (Lipinski definition) is 4. The smallest absolute Gasteiger partial charge is 0.315 e. The second-order valence-corrected chi connectivity index (χ2v) is 5.26. The minimum absolute atomic E-state index is 0.203. The van der Waals surface area contributed by atoms with Gasteiger partial charge in [0.25, 0.3) is 0 Å². The summed E-state index contributed by atoms with van der Waals surface area (Å²) in [5.74, 6) is -3.31. The molecule has 2 atom stereocenters. The third kappa shape index (κ3) is 3.05. The SMILES string of the molecule is CC(C(=O)O)C(=O)NC1C=CS(=O)(=O)C1. The normalized spacial score (nSPS) is 24.7. The Morgan fingerprint density at radius 2 is 2.13 bits per heavy atom. The van der Waals surface area contributed by atoms with E-state index in [1.165, 1.54) is 13.0 Å². The topological polar surface area (TPSA) is 101 Å². The van der Waals surface area contributed by atoms with Crippen LogP contribution in [0.15, 0.2) is 11.5 Å². The number of carboxylic acids is 1. The summed E-state index contributed by atoms with van der Waals surface area (Å²) < 4.78 is 21.9. The lowest BCUT2D eigenvalue weighted by Crippen LogP contribution is -2.40. The molecule has 1 heterocycles. The maximum Gasteiger partial charge on any atom is 0.315 e. The van der Waals surface area contributed by atoms with Crippen LogP contribution in [0.5, 0.6) is 0 Å². The van der Waals surface area contributed by atoms with Crippen LogP contribution < -0.4 is 5.32 Å². The van der Waals surface area contributed by atoms with Gasteiger partial charge in [-0.2, -0.15) is 0 Å². The molecule has 7 heteroatoms. The second kappa shape index (κ2) is 4.01. The Balaban J connectivity index is 2.55. The van der Waals surface area contributed by atoms with Crippen LogP contribution in [0.3, 0.4) is 0 Å². The zero-order chi connectivity index (χ0) is 11.6. The summed E-state index contributed by atoms with van der Waals surface area (Å²) in [5.41, 5.74) is 0. The molecule has 1 aliphatic rings. The lowest BCUT2D eigenvalue weighted by atomic mass is 10.1. The van der Waals surface area contributed by atoms with Crippen molar-refractivity contribution in [1.82, 2.24) is 5.32 Å². The first kappa shape index (κ1) is 11.7. The van der Waals surface area contributed by atoms with Crippen molar-refractivity contribution in [3.05, 3.63) is 11.5 Å². The summed E-state index contributed by atoms with van der Waals surface area (Å²) >= 11 is 0. The second-order valence-electron chi connectivity index (χ2n) is 3.33. The van der Waals surface area contributed by atoms with Gasteiger partial charge in [-0.3, -0.25) is 9.59 Å². The van der Waals surface area contributed by atoms with Gasteiger partial charge in [0, 0.05) is 5.41 Å². The van der Waals surface area contributed by atoms with Crippen LogP contribution in [-0.2, 0) is 19.4 Å². The fourth-order valence-corrected chi connectivity index (χ4v) is 2.32. The molecule has 6 nitrogen and oxygen atoms in total. The lowest BCUT2D eigenvalue weighted by Gasteiger charge is -2.11. The van der Waals surface area contributed by atoms with Gasteiger partial charge >= 0.3 is 5.97 Å². The molecule has 0 saturated carbocycles. The molecule has 0 aromatic carbocycles. The van der Waals surface area contributed by atoms with Gasteiger partial charge in [-0.15, -0.1) is 0 Å². The van der Waals surface area contributed by atoms with E-state index in [2.05, 4.69) is 5.32 Å². The summed E-state index contributed by atoms with van der Waals surface area (Å²) in [6.45, 7) is 1.24. The number of rotatable bonds is 3. The molecular weight excluding hydrogens is 222 g/mol. The number of carbonyl (C=O) groups is 2.